The highest BCUT2D eigenvalue weighted by Gasteiger charge is 2.12. The Kier molecular flexibility index (Phi) is 5.90. The normalized spacial score (nSPS) is 13.6. The lowest BCUT2D eigenvalue weighted by Crippen LogP contribution is -2.39. The summed E-state index contributed by atoms with van der Waals surface area (Å²) in [6.07, 6.45) is 0. The number of rotatable bonds is 3. The quantitative estimate of drug-likeness (QED) is 0.795. The summed E-state index contributed by atoms with van der Waals surface area (Å²) in [5.41, 5.74) is 0.806. The largest absolute Gasteiger partial charge is 0.347 e. The molecule has 0 atom stereocenters. The van der Waals surface area contributed by atoms with Gasteiger partial charge in [-0.1, -0.05) is 18.2 Å². The van der Waals surface area contributed by atoms with Crippen LogP contribution in [0.2, 0.25) is 0 Å². The average Bonchev–Trinajstić information content (AvgIpc) is 2.74. The minimum atomic E-state index is -0.0702. The van der Waals surface area contributed by atoms with Gasteiger partial charge in [-0.2, -0.15) is 0 Å². The van der Waals surface area contributed by atoms with Crippen molar-refractivity contribution in [1.29, 1.82) is 0 Å². The maximum atomic E-state index is 11.6. The van der Waals surface area contributed by atoms with Crippen molar-refractivity contribution in [3.05, 3.63) is 30.3 Å². The molecule has 1 aliphatic rings. The fourth-order valence-electron chi connectivity index (χ4n) is 1.61. The van der Waals surface area contributed by atoms with Gasteiger partial charge >= 0.3 is 0 Å². The van der Waals surface area contributed by atoms with Gasteiger partial charge in [0.25, 0.3) is 0 Å². The molecule has 1 heterocycles. The summed E-state index contributed by atoms with van der Waals surface area (Å²) in [5.74, 6) is 0.715. The van der Waals surface area contributed by atoms with E-state index in [1.807, 2.05) is 42.3 Å². The summed E-state index contributed by atoms with van der Waals surface area (Å²) < 4.78 is 0. The summed E-state index contributed by atoms with van der Waals surface area (Å²) in [5, 5.41) is 5.82. The van der Waals surface area contributed by atoms with E-state index in [1.165, 1.54) is 0 Å². The van der Waals surface area contributed by atoms with E-state index in [2.05, 4.69) is 15.6 Å². The number of para-hydroxylation sites is 1. The molecule has 2 rings (SSSR count). The second-order valence-electron chi connectivity index (χ2n) is 3.89. The lowest BCUT2D eigenvalue weighted by Gasteiger charge is -2.14. The number of carbonyl (C=O) groups excluding carboxylic acids is 1. The highest BCUT2D eigenvalue weighted by atomic mass is 127. The minimum absolute atomic E-state index is 0. The van der Waals surface area contributed by atoms with Gasteiger partial charge in [-0.3, -0.25) is 9.79 Å². The van der Waals surface area contributed by atoms with Gasteiger partial charge in [0, 0.05) is 19.3 Å². The zero-order valence-electron chi connectivity index (χ0n) is 10.2. The monoisotopic (exact) mass is 360 g/mol. The molecule has 0 saturated heterocycles. The fourth-order valence-corrected chi connectivity index (χ4v) is 1.61. The van der Waals surface area contributed by atoms with Gasteiger partial charge in [0.05, 0.1) is 13.1 Å². The molecule has 2 N–H and O–H groups in total. The summed E-state index contributed by atoms with van der Waals surface area (Å²) >= 11 is 0. The first-order chi connectivity index (χ1) is 8.25. The Morgan fingerprint density at radius 2 is 2.11 bits per heavy atom. The van der Waals surface area contributed by atoms with Crippen molar-refractivity contribution in [1.82, 2.24) is 10.2 Å². The van der Waals surface area contributed by atoms with E-state index in [-0.39, 0.29) is 36.4 Å². The van der Waals surface area contributed by atoms with Gasteiger partial charge in [0.15, 0.2) is 5.96 Å². The zero-order chi connectivity index (χ0) is 12.1. The second-order valence-corrected chi connectivity index (χ2v) is 3.89. The Morgan fingerprint density at radius 3 is 2.72 bits per heavy atom. The third kappa shape index (κ3) is 4.17. The van der Waals surface area contributed by atoms with Crippen LogP contribution >= 0.6 is 24.0 Å². The lowest BCUT2D eigenvalue weighted by atomic mass is 10.3. The van der Waals surface area contributed by atoms with E-state index in [4.69, 9.17) is 0 Å². The van der Waals surface area contributed by atoms with Crippen LogP contribution in [0.1, 0.15) is 0 Å². The van der Waals surface area contributed by atoms with E-state index in [9.17, 15) is 4.79 Å². The van der Waals surface area contributed by atoms with Crippen molar-refractivity contribution in [2.24, 2.45) is 4.99 Å². The Bertz CT molecular complexity index is 421. The Labute approximate surface area is 124 Å². The molecule has 98 valence electrons. The molecule has 1 amide bonds. The number of halogens is 1. The number of nitrogens with one attached hydrogen (secondary N) is 2. The van der Waals surface area contributed by atoms with Crippen LogP contribution in [-0.4, -0.2) is 43.4 Å². The third-order valence-corrected chi connectivity index (χ3v) is 2.52. The number of carbonyl (C=O) groups is 1. The van der Waals surface area contributed by atoms with E-state index < -0.39 is 0 Å². The third-order valence-electron chi connectivity index (χ3n) is 2.52. The minimum Gasteiger partial charge on any atom is -0.347 e. The fraction of sp³-hybridized carbons (Fsp3) is 0.333. The maximum Gasteiger partial charge on any atom is 0.243 e. The number of guanidine groups is 1. The Hall–Kier alpha value is -1.31. The number of likely N-dealkylation sites (N-methyl/N-ethyl adjacent to an activating group) is 1. The summed E-state index contributed by atoms with van der Waals surface area (Å²) in [7, 11) is 1.95. The number of benzene rings is 1. The zero-order valence-corrected chi connectivity index (χ0v) is 12.5. The van der Waals surface area contributed by atoms with Crippen LogP contribution < -0.4 is 10.6 Å². The molecule has 18 heavy (non-hydrogen) atoms. The van der Waals surface area contributed by atoms with Crippen molar-refractivity contribution in [3.8, 4) is 0 Å². The Balaban J connectivity index is 0.00000162. The van der Waals surface area contributed by atoms with Crippen molar-refractivity contribution < 1.29 is 4.79 Å². The van der Waals surface area contributed by atoms with Gasteiger partial charge in [-0.25, -0.2) is 0 Å². The van der Waals surface area contributed by atoms with Crippen LogP contribution in [-0.2, 0) is 4.79 Å². The Morgan fingerprint density at radius 1 is 1.39 bits per heavy atom. The molecule has 5 nitrogen and oxygen atoms in total. The first kappa shape index (κ1) is 14.7. The van der Waals surface area contributed by atoms with Crippen LogP contribution in [0.25, 0.3) is 0 Å². The van der Waals surface area contributed by atoms with Gasteiger partial charge in [-0.05, 0) is 12.1 Å². The summed E-state index contributed by atoms with van der Waals surface area (Å²) in [6, 6.07) is 9.40. The number of aliphatic imine (C=N–C) groups is 1. The summed E-state index contributed by atoms with van der Waals surface area (Å²) in [4.78, 5) is 17.9. The van der Waals surface area contributed by atoms with Crippen molar-refractivity contribution in [2.45, 2.75) is 0 Å². The van der Waals surface area contributed by atoms with Crippen LogP contribution in [0.5, 0.6) is 0 Å². The molecule has 6 heteroatoms. The molecule has 1 aromatic rings. The number of amides is 1. The molecule has 0 saturated carbocycles. The molecule has 0 aromatic heterocycles. The first-order valence-corrected chi connectivity index (χ1v) is 5.60. The smallest absolute Gasteiger partial charge is 0.243 e. The summed E-state index contributed by atoms with van der Waals surface area (Å²) in [6.45, 7) is 1.93. The number of anilines is 1. The van der Waals surface area contributed by atoms with E-state index in [1.54, 1.807) is 0 Å². The van der Waals surface area contributed by atoms with Crippen molar-refractivity contribution in [3.63, 3.8) is 0 Å². The number of hydrogen-bond donors (Lipinski definition) is 2. The number of nitrogens with zero attached hydrogens (tertiary/aromatic N) is 2. The maximum absolute atomic E-state index is 11.6. The molecule has 0 unspecified atom stereocenters. The molecule has 0 spiro atoms. The van der Waals surface area contributed by atoms with Crippen LogP contribution in [0.3, 0.4) is 0 Å². The van der Waals surface area contributed by atoms with E-state index in [0.29, 0.717) is 0 Å². The lowest BCUT2D eigenvalue weighted by molar-refractivity contribution is -0.115. The first-order valence-electron chi connectivity index (χ1n) is 5.60. The predicted octanol–water partition coefficient (Wildman–Crippen LogP) is 1.13. The molecular weight excluding hydrogens is 343 g/mol. The standard InChI is InChI=1S/C12H16N4O.HI/c1-16-8-7-13-12(16)14-9-11(17)15-10-5-3-2-4-6-10;/h2-6H,7-9H2,1H3,(H,13,14)(H,15,17);1H. The molecule has 0 fully saturated rings. The number of hydrogen-bond acceptors (Lipinski definition) is 4. The van der Waals surface area contributed by atoms with Gasteiger partial charge in [0.1, 0.15) is 0 Å². The average molecular weight is 360 g/mol. The van der Waals surface area contributed by atoms with Crippen molar-refractivity contribution in [2.75, 3.05) is 32.0 Å². The predicted molar refractivity (Wildman–Crippen MR) is 83.4 cm³/mol. The SMILES string of the molecule is CN1CCN=C1NCC(=O)Nc1ccccc1.I. The molecule has 1 aromatic carbocycles. The topological polar surface area (TPSA) is 56.7 Å². The van der Waals surface area contributed by atoms with Crippen molar-refractivity contribution >= 4 is 41.5 Å². The molecule has 0 radical (unpaired) electrons. The highest BCUT2D eigenvalue weighted by Crippen LogP contribution is 2.04. The highest BCUT2D eigenvalue weighted by molar-refractivity contribution is 14.0. The molecule has 0 aliphatic carbocycles. The van der Waals surface area contributed by atoms with Crippen LogP contribution in [0.4, 0.5) is 5.69 Å². The molecule has 0 bridgehead atoms. The van der Waals surface area contributed by atoms with Gasteiger partial charge in [-0.15, -0.1) is 24.0 Å². The van der Waals surface area contributed by atoms with Crippen LogP contribution in [0.15, 0.2) is 35.3 Å². The van der Waals surface area contributed by atoms with E-state index >= 15 is 0 Å². The molecule has 1 aliphatic heterocycles. The van der Waals surface area contributed by atoms with E-state index in [0.717, 1.165) is 24.7 Å². The second kappa shape index (κ2) is 7.20. The molecular formula is C12H17IN4O. The van der Waals surface area contributed by atoms with Crippen LogP contribution in [0, 0.1) is 0 Å². The van der Waals surface area contributed by atoms with Gasteiger partial charge < -0.3 is 15.5 Å². The van der Waals surface area contributed by atoms with Gasteiger partial charge in [0.2, 0.25) is 5.91 Å².